The van der Waals surface area contributed by atoms with Crippen molar-refractivity contribution >= 4 is 0 Å². The molecule has 2 saturated heterocycles. The average Bonchev–Trinajstić information content (AvgIpc) is 3.54. The molecule has 0 aliphatic carbocycles. The van der Waals surface area contributed by atoms with E-state index in [0.29, 0.717) is 23.0 Å². The molecule has 2 aromatic carbocycles. The highest BCUT2D eigenvalue weighted by molar-refractivity contribution is 5.46. The topological polar surface area (TPSA) is 146 Å². The highest BCUT2D eigenvalue weighted by Gasteiger charge is 2.49. The molecular formula is C26H30O11. The van der Waals surface area contributed by atoms with Crippen LogP contribution in [-0.2, 0) is 14.2 Å². The summed E-state index contributed by atoms with van der Waals surface area (Å²) in [5.41, 5.74) is 1.61. The normalized spacial score (nSPS) is 36.6. The predicted molar refractivity (Wildman–Crippen MR) is 124 cm³/mol. The molecule has 9 atom stereocenters. The van der Waals surface area contributed by atoms with Gasteiger partial charge in [-0.1, -0.05) is 12.1 Å². The highest BCUT2D eigenvalue weighted by Crippen LogP contribution is 2.51. The zero-order valence-electron chi connectivity index (χ0n) is 20.1. The largest absolute Gasteiger partial charge is 0.493 e. The Balaban J connectivity index is 1.38. The summed E-state index contributed by atoms with van der Waals surface area (Å²) in [7, 11) is 1.52. The van der Waals surface area contributed by atoms with Crippen LogP contribution >= 0.6 is 0 Å². The Kier molecular flexibility index (Phi) is 6.61. The molecular weight excluding hydrogens is 488 g/mol. The number of aliphatic hydroxyl groups is 4. The number of rotatable bonds is 3. The Morgan fingerprint density at radius 2 is 1.57 bits per heavy atom. The first-order valence-corrected chi connectivity index (χ1v) is 12.3. The molecule has 5 aliphatic heterocycles. The van der Waals surface area contributed by atoms with Gasteiger partial charge in [-0.25, -0.2) is 0 Å². The van der Waals surface area contributed by atoms with E-state index in [1.807, 2.05) is 30.3 Å². The molecule has 0 aromatic heterocycles. The third-order valence-corrected chi connectivity index (χ3v) is 7.60. The summed E-state index contributed by atoms with van der Waals surface area (Å²) in [6, 6.07) is 11.0. The maximum absolute atomic E-state index is 10.5. The van der Waals surface area contributed by atoms with E-state index in [1.165, 1.54) is 7.11 Å². The van der Waals surface area contributed by atoms with Gasteiger partial charge in [0.15, 0.2) is 29.3 Å². The number of benzene rings is 2. The Labute approximate surface area is 213 Å². The van der Waals surface area contributed by atoms with Crippen LogP contribution in [0.5, 0.6) is 23.0 Å². The summed E-state index contributed by atoms with van der Waals surface area (Å²) in [4.78, 5) is 0. The van der Waals surface area contributed by atoms with Gasteiger partial charge in [0.1, 0.15) is 31.0 Å². The van der Waals surface area contributed by atoms with E-state index in [4.69, 9.17) is 33.2 Å². The minimum atomic E-state index is -1.49. The molecule has 5 heterocycles. The molecule has 11 nitrogen and oxygen atoms in total. The highest BCUT2D eigenvalue weighted by atomic mass is 16.7. The Morgan fingerprint density at radius 1 is 0.811 bits per heavy atom. The number of hydrogen-bond acceptors (Lipinski definition) is 11. The molecule has 7 rings (SSSR count). The van der Waals surface area contributed by atoms with Crippen LogP contribution in [0, 0.1) is 11.8 Å². The van der Waals surface area contributed by atoms with Gasteiger partial charge in [-0.2, -0.15) is 0 Å². The lowest BCUT2D eigenvalue weighted by atomic mass is 9.83. The van der Waals surface area contributed by atoms with Gasteiger partial charge in [-0.05, 0) is 35.4 Å². The molecule has 4 N–H and O–H groups in total. The lowest BCUT2D eigenvalue weighted by Gasteiger charge is -2.40. The number of fused-ring (bicyclic) bond motifs is 5. The minimum Gasteiger partial charge on any atom is -0.493 e. The van der Waals surface area contributed by atoms with Gasteiger partial charge in [0.25, 0.3) is 0 Å². The van der Waals surface area contributed by atoms with Crippen LogP contribution in [0.15, 0.2) is 36.4 Å². The molecule has 200 valence electrons. The van der Waals surface area contributed by atoms with Crippen LogP contribution in [0.1, 0.15) is 23.3 Å². The summed E-state index contributed by atoms with van der Waals surface area (Å²) in [5, 5.41) is 41.9. The van der Waals surface area contributed by atoms with Crippen molar-refractivity contribution in [3.05, 3.63) is 47.5 Å². The minimum absolute atomic E-state index is 0.0408. The second-order valence-corrected chi connectivity index (χ2v) is 9.67. The lowest BCUT2D eigenvalue weighted by Crippen LogP contribution is -2.59. The Hall–Kier alpha value is -2.64. The van der Waals surface area contributed by atoms with Crippen LogP contribution in [0.4, 0.5) is 0 Å². The zero-order chi connectivity index (χ0) is 25.7. The van der Waals surface area contributed by atoms with Crippen molar-refractivity contribution in [3.8, 4) is 23.0 Å². The van der Waals surface area contributed by atoms with Gasteiger partial charge < -0.3 is 53.6 Å². The van der Waals surface area contributed by atoms with Gasteiger partial charge in [-0.15, -0.1) is 0 Å². The summed E-state index contributed by atoms with van der Waals surface area (Å²) < 4.78 is 40.8. The maximum atomic E-state index is 10.5. The standard InChI is InChI=1S/C26H30O11/c1-31-18-6-12-2-4-16(18)32-10-20-21(28)22(29)23(30)26(36-20)33-9-15-14(8-27)24(37-25(12)15)13-3-5-17-19(7-13)35-11-34-17/h2-7,14-15,20-30H,8-11H2,1H3/t14-,15-,20-,21+,22+,23-,24+,25+,26-/m0/s1. The van der Waals surface area contributed by atoms with E-state index in [2.05, 4.69) is 0 Å². The molecule has 0 saturated carbocycles. The molecule has 11 heteroatoms. The first-order chi connectivity index (χ1) is 18.0. The van der Waals surface area contributed by atoms with Gasteiger partial charge in [-0.3, -0.25) is 0 Å². The Morgan fingerprint density at radius 3 is 2.35 bits per heavy atom. The van der Waals surface area contributed by atoms with Crippen LogP contribution < -0.4 is 18.9 Å². The van der Waals surface area contributed by atoms with Crippen LogP contribution in [0.25, 0.3) is 0 Å². The van der Waals surface area contributed by atoms with Gasteiger partial charge >= 0.3 is 0 Å². The van der Waals surface area contributed by atoms with Gasteiger partial charge in [0.2, 0.25) is 6.79 Å². The van der Waals surface area contributed by atoms with Crippen molar-refractivity contribution in [3.63, 3.8) is 0 Å². The number of hydrogen-bond donors (Lipinski definition) is 4. The first kappa shape index (κ1) is 24.7. The number of methoxy groups -OCH3 is 1. The quantitative estimate of drug-likeness (QED) is 0.455. The smallest absolute Gasteiger partial charge is 0.231 e. The van der Waals surface area contributed by atoms with Crippen LogP contribution in [0.2, 0.25) is 0 Å². The maximum Gasteiger partial charge on any atom is 0.231 e. The third-order valence-electron chi connectivity index (χ3n) is 7.60. The van der Waals surface area contributed by atoms with E-state index in [9.17, 15) is 20.4 Å². The molecule has 0 amide bonds. The average molecular weight is 519 g/mol. The van der Waals surface area contributed by atoms with Crippen molar-refractivity contribution in [2.45, 2.75) is 42.9 Å². The van der Waals surface area contributed by atoms with Crippen LogP contribution in [0.3, 0.4) is 0 Å². The molecule has 0 radical (unpaired) electrons. The van der Waals surface area contributed by atoms with E-state index in [1.54, 1.807) is 6.07 Å². The molecule has 2 fully saturated rings. The second kappa shape index (κ2) is 9.91. The SMILES string of the molecule is COc1cc2ccc1OC[C@@H]1O[C@H](OC[C@H]3[C@H](CO)[C@@H](c4ccc5c(c4)OCO5)O[C@H]23)[C@@H](O)[C@H](O)[C@@H]1O. The molecule has 37 heavy (non-hydrogen) atoms. The molecule has 0 spiro atoms. The fourth-order valence-electron chi connectivity index (χ4n) is 5.54. The summed E-state index contributed by atoms with van der Waals surface area (Å²) in [6.45, 7) is -0.110. The van der Waals surface area contributed by atoms with E-state index in [-0.39, 0.29) is 38.4 Å². The Bertz CT molecular complexity index is 1130. The van der Waals surface area contributed by atoms with Crippen LogP contribution in [-0.4, -0.2) is 84.9 Å². The molecule has 2 aromatic rings. The van der Waals surface area contributed by atoms with Crippen molar-refractivity contribution in [1.29, 1.82) is 0 Å². The number of aliphatic hydroxyl groups excluding tert-OH is 4. The van der Waals surface area contributed by atoms with E-state index < -0.39 is 42.9 Å². The lowest BCUT2D eigenvalue weighted by molar-refractivity contribution is -0.303. The van der Waals surface area contributed by atoms with Gasteiger partial charge in [0.05, 0.1) is 25.9 Å². The molecule has 4 bridgehead atoms. The number of ether oxygens (including phenoxy) is 7. The van der Waals surface area contributed by atoms with E-state index >= 15 is 0 Å². The summed E-state index contributed by atoms with van der Waals surface area (Å²) in [5.74, 6) is 1.37. The summed E-state index contributed by atoms with van der Waals surface area (Å²) >= 11 is 0. The van der Waals surface area contributed by atoms with Gasteiger partial charge in [0, 0.05) is 18.4 Å². The van der Waals surface area contributed by atoms with Crippen molar-refractivity contribution in [2.24, 2.45) is 11.8 Å². The zero-order valence-corrected chi connectivity index (χ0v) is 20.1. The third kappa shape index (κ3) is 4.30. The predicted octanol–water partition coefficient (Wildman–Crippen LogP) is 0.678. The second-order valence-electron chi connectivity index (χ2n) is 9.67. The molecule has 5 aliphatic rings. The fraction of sp³-hybridized carbons (Fsp3) is 0.538. The van der Waals surface area contributed by atoms with Crippen molar-refractivity contribution in [2.75, 3.05) is 33.7 Å². The fourth-order valence-corrected chi connectivity index (χ4v) is 5.54. The summed E-state index contributed by atoms with van der Waals surface area (Å²) in [6.07, 6.45) is -7.53. The molecule has 0 unspecified atom stereocenters. The van der Waals surface area contributed by atoms with Crippen molar-refractivity contribution < 1.29 is 53.6 Å². The monoisotopic (exact) mass is 518 g/mol. The van der Waals surface area contributed by atoms with Crippen molar-refractivity contribution in [1.82, 2.24) is 0 Å². The van der Waals surface area contributed by atoms with E-state index in [0.717, 1.165) is 11.1 Å². The first-order valence-electron chi connectivity index (χ1n) is 12.3.